The van der Waals surface area contributed by atoms with E-state index in [0.717, 1.165) is 12.8 Å². The maximum absolute atomic E-state index is 11.6. The van der Waals surface area contributed by atoms with Gasteiger partial charge >= 0.3 is 0 Å². The van der Waals surface area contributed by atoms with Gasteiger partial charge in [0.25, 0.3) is 5.91 Å². The molecule has 0 radical (unpaired) electrons. The molecule has 8 nitrogen and oxygen atoms in total. The summed E-state index contributed by atoms with van der Waals surface area (Å²) in [5.41, 5.74) is 5.58. The van der Waals surface area contributed by atoms with Gasteiger partial charge in [-0.1, -0.05) is 38.5 Å². The van der Waals surface area contributed by atoms with E-state index in [1.807, 2.05) is 0 Å². The third kappa shape index (κ3) is 4.62. The maximum atomic E-state index is 11.6. The third-order valence-corrected chi connectivity index (χ3v) is 4.43. The molecule has 4 atom stereocenters. The molecule has 0 aromatic carbocycles. The van der Waals surface area contributed by atoms with Gasteiger partial charge in [0.1, 0.15) is 24.0 Å². The highest BCUT2D eigenvalue weighted by atomic mass is 16.6. The lowest BCUT2D eigenvalue weighted by Crippen LogP contribution is -2.33. The van der Waals surface area contributed by atoms with Gasteiger partial charge in [-0.15, -0.1) is 0 Å². The summed E-state index contributed by atoms with van der Waals surface area (Å²) in [6.07, 6.45) is 3.13. The second kappa shape index (κ2) is 9.69. The van der Waals surface area contributed by atoms with Gasteiger partial charge in [0.15, 0.2) is 11.9 Å². The number of nitrogens with zero attached hydrogens (tertiary/aromatic N) is 2. The van der Waals surface area contributed by atoms with Crippen molar-refractivity contribution in [3.05, 3.63) is 17.7 Å². The zero-order valence-corrected chi connectivity index (χ0v) is 15.0. The molecule has 0 aliphatic carbocycles. The Kier molecular flexibility index (Phi) is 7.60. The topological polar surface area (TPSA) is 131 Å². The number of hydrogen-bond donors (Lipinski definition) is 4. The molecule has 0 unspecified atom stereocenters. The van der Waals surface area contributed by atoms with Gasteiger partial charge in [0.05, 0.1) is 12.9 Å². The highest BCUT2D eigenvalue weighted by Gasteiger charge is 2.44. The summed E-state index contributed by atoms with van der Waals surface area (Å²) in [7, 11) is 0. The van der Waals surface area contributed by atoms with Gasteiger partial charge < -0.3 is 25.8 Å². The lowest BCUT2D eigenvalue weighted by Gasteiger charge is -2.17. The summed E-state index contributed by atoms with van der Waals surface area (Å²) >= 11 is 0. The number of aliphatic hydroxyl groups is 3. The second-order valence-corrected chi connectivity index (χ2v) is 6.41. The molecule has 1 aromatic rings. The number of rotatable bonds is 8. The summed E-state index contributed by atoms with van der Waals surface area (Å²) in [5, 5.41) is 29.3. The van der Waals surface area contributed by atoms with Crippen molar-refractivity contribution in [1.82, 2.24) is 9.55 Å². The molecule has 5 N–H and O–H groups in total. The second-order valence-electron chi connectivity index (χ2n) is 6.41. The van der Waals surface area contributed by atoms with Crippen LogP contribution in [0.2, 0.25) is 0 Å². The molecule has 2 rings (SSSR count). The van der Waals surface area contributed by atoms with Crippen molar-refractivity contribution in [2.75, 3.05) is 6.61 Å². The maximum Gasteiger partial charge on any atom is 0.270 e. The molecule has 1 amide bonds. The lowest BCUT2D eigenvalue weighted by atomic mass is 10.1. The smallest absolute Gasteiger partial charge is 0.270 e. The minimum Gasteiger partial charge on any atom is -0.394 e. The Balaban J connectivity index is 2.15. The molecule has 1 aromatic heterocycles. The first kappa shape index (κ1) is 20.4. The van der Waals surface area contributed by atoms with Gasteiger partial charge in [-0.25, -0.2) is 4.98 Å². The Morgan fingerprint density at radius 3 is 2.65 bits per heavy atom. The summed E-state index contributed by atoms with van der Waals surface area (Å²) in [4.78, 5) is 15.6. The Labute approximate surface area is 153 Å². The number of primary amides is 1. The van der Waals surface area contributed by atoms with Crippen molar-refractivity contribution in [1.29, 1.82) is 0 Å². The largest absolute Gasteiger partial charge is 0.394 e. The zero-order valence-electron chi connectivity index (χ0n) is 15.0. The first-order valence-electron chi connectivity index (χ1n) is 8.99. The molecule has 1 aliphatic rings. The van der Waals surface area contributed by atoms with Crippen LogP contribution < -0.4 is 5.73 Å². The fourth-order valence-electron chi connectivity index (χ4n) is 2.93. The normalized spacial score (nSPS) is 25.1. The zero-order chi connectivity index (χ0) is 19.1. The van der Waals surface area contributed by atoms with E-state index in [2.05, 4.69) is 23.7 Å². The van der Waals surface area contributed by atoms with Crippen LogP contribution in [0.1, 0.15) is 67.9 Å². The molecular weight excluding hydrogens is 338 g/mol. The number of nitrogens with two attached hydrogens (primary N) is 1. The molecule has 1 aliphatic heterocycles. The lowest BCUT2D eigenvalue weighted by molar-refractivity contribution is -0.0531. The molecule has 2 heterocycles. The minimum absolute atomic E-state index is 0.0128. The van der Waals surface area contributed by atoms with Crippen molar-refractivity contribution in [3.63, 3.8) is 0 Å². The number of aliphatic hydroxyl groups excluding tert-OH is 3. The van der Waals surface area contributed by atoms with Gasteiger partial charge in [0.2, 0.25) is 0 Å². The van der Waals surface area contributed by atoms with E-state index in [9.17, 15) is 20.1 Å². The van der Waals surface area contributed by atoms with Crippen molar-refractivity contribution in [2.24, 2.45) is 5.73 Å². The van der Waals surface area contributed by atoms with Crippen LogP contribution >= 0.6 is 0 Å². The van der Waals surface area contributed by atoms with E-state index in [0.29, 0.717) is 6.42 Å². The van der Waals surface area contributed by atoms with Gasteiger partial charge in [0, 0.05) is 6.42 Å². The number of amides is 1. The molecule has 0 spiro atoms. The molecule has 1 saturated heterocycles. The van der Waals surface area contributed by atoms with Crippen LogP contribution in [-0.2, 0) is 4.74 Å². The van der Waals surface area contributed by atoms with Crippen molar-refractivity contribution in [2.45, 2.75) is 70.0 Å². The fraction of sp³-hybridized carbons (Fsp3) is 0.667. The number of ether oxygens (including phenoxy) is 1. The molecule has 8 heteroatoms. The quantitative estimate of drug-likeness (QED) is 0.387. The van der Waals surface area contributed by atoms with Crippen molar-refractivity contribution >= 4 is 5.91 Å². The first-order valence-corrected chi connectivity index (χ1v) is 8.99. The fourth-order valence-corrected chi connectivity index (χ4v) is 2.93. The van der Waals surface area contributed by atoms with Crippen LogP contribution in [0.3, 0.4) is 0 Å². The first-order chi connectivity index (χ1) is 12.5. The van der Waals surface area contributed by atoms with E-state index in [1.165, 1.54) is 30.2 Å². The molecular formula is C18H27N3O5. The van der Waals surface area contributed by atoms with Crippen LogP contribution in [0.25, 0.3) is 0 Å². The molecule has 0 bridgehead atoms. The SMILES string of the molecule is CCCCCCCC#Cc1c(C(N)=O)ncn1[C@@H]1O[C@H](CO)[C@@H](O)[C@H]1O. The van der Waals surface area contributed by atoms with E-state index < -0.39 is 37.1 Å². The van der Waals surface area contributed by atoms with Crippen LogP contribution in [0.5, 0.6) is 0 Å². The predicted molar refractivity (Wildman–Crippen MR) is 94.0 cm³/mol. The number of carbonyl (C=O) groups is 1. The van der Waals surface area contributed by atoms with Crippen molar-refractivity contribution in [3.8, 4) is 11.8 Å². The summed E-state index contributed by atoms with van der Waals surface area (Å²) in [6, 6.07) is 0. The highest BCUT2D eigenvalue weighted by molar-refractivity contribution is 5.93. The summed E-state index contributed by atoms with van der Waals surface area (Å²) in [5.74, 6) is 5.17. The number of imidazole rings is 1. The monoisotopic (exact) mass is 365 g/mol. The Morgan fingerprint density at radius 1 is 1.31 bits per heavy atom. The average Bonchev–Trinajstić information content (AvgIpc) is 3.16. The Hall–Kier alpha value is -1.92. The van der Waals surface area contributed by atoms with E-state index in [4.69, 9.17) is 10.5 Å². The molecule has 26 heavy (non-hydrogen) atoms. The molecule has 1 fully saturated rings. The van der Waals surface area contributed by atoms with E-state index >= 15 is 0 Å². The predicted octanol–water partition coefficient (Wildman–Crippen LogP) is 0.306. The van der Waals surface area contributed by atoms with E-state index in [1.54, 1.807) is 0 Å². The van der Waals surface area contributed by atoms with Gasteiger partial charge in [-0.3, -0.25) is 9.36 Å². The Bertz CT molecular complexity index is 664. The number of aromatic nitrogens is 2. The van der Waals surface area contributed by atoms with Crippen molar-refractivity contribution < 1.29 is 24.9 Å². The Morgan fingerprint density at radius 2 is 2.04 bits per heavy atom. The van der Waals surface area contributed by atoms with Crippen LogP contribution in [0.15, 0.2) is 6.33 Å². The van der Waals surface area contributed by atoms with Gasteiger partial charge in [-0.05, 0) is 12.3 Å². The van der Waals surface area contributed by atoms with Crippen LogP contribution in [0.4, 0.5) is 0 Å². The molecule has 0 saturated carbocycles. The van der Waals surface area contributed by atoms with Gasteiger partial charge in [-0.2, -0.15) is 0 Å². The number of carbonyl (C=O) groups excluding carboxylic acids is 1. The number of hydrogen-bond acceptors (Lipinski definition) is 6. The minimum atomic E-state index is -1.28. The summed E-state index contributed by atoms with van der Waals surface area (Å²) < 4.78 is 6.86. The van der Waals surface area contributed by atoms with Crippen LogP contribution in [0, 0.1) is 11.8 Å². The summed E-state index contributed by atoms with van der Waals surface area (Å²) in [6.45, 7) is 1.72. The molecule has 144 valence electrons. The average molecular weight is 365 g/mol. The third-order valence-electron chi connectivity index (χ3n) is 4.43. The van der Waals surface area contributed by atoms with Crippen LogP contribution in [-0.4, -0.2) is 55.7 Å². The standard InChI is InChI=1S/C18H27N3O5/c1-2-3-4-5-6-7-8-9-12-14(17(19)25)20-11-21(12)18-16(24)15(23)13(10-22)26-18/h11,13,15-16,18,22-24H,2-7,10H2,1H3,(H2,19,25)/t13-,15-,16-,18-/m1/s1. The van der Waals surface area contributed by atoms with E-state index in [-0.39, 0.29) is 11.4 Å². The highest BCUT2D eigenvalue weighted by Crippen LogP contribution is 2.30. The number of unbranched alkanes of at least 4 members (excludes halogenated alkanes) is 5.